The first-order valence-corrected chi connectivity index (χ1v) is 8.41. The van der Waals surface area contributed by atoms with Crippen molar-refractivity contribution >= 4 is 0 Å². The second-order valence-corrected chi connectivity index (χ2v) is 6.47. The molecule has 3 heterocycles. The molecule has 0 bridgehead atoms. The van der Waals surface area contributed by atoms with E-state index in [9.17, 15) is 0 Å². The number of rotatable bonds is 3. The molecule has 0 saturated heterocycles. The van der Waals surface area contributed by atoms with Gasteiger partial charge in [-0.2, -0.15) is 10.4 Å². The number of aromatic nitrogens is 3. The summed E-state index contributed by atoms with van der Waals surface area (Å²) in [4.78, 5) is 6.44. The van der Waals surface area contributed by atoms with Crippen LogP contribution in [0.1, 0.15) is 22.4 Å². The third-order valence-corrected chi connectivity index (χ3v) is 4.67. The van der Waals surface area contributed by atoms with Crippen molar-refractivity contribution in [2.75, 3.05) is 13.6 Å². The molecule has 1 aliphatic heterocycles. The third-order valence-electron chi connectivity index (χ3n) is 4.67. The molecule has 0 fully saturated rings. The fraction of sp³-hybridized carbons (Fsp3) is 0.250. The van der Waals surface area contributed by atoms with Gasteiger partial charge in [0.25, 0.3) is 0 Å². The van der Waals surface area contributed by atoms with Crippen molar-refractivity contribution in [3.63, 3.8) is 0 Å². The van der Waals surface area contributed by atoms with Gasteiger partial charge >= 0.3 is 0 Å². The van der Waals surface area contributed by atoms with Gasteiger partial charge in [0, 0.05) is 48.7 Å². The Hall–Kier alpha value is -2.97. The van der Waals surface area contributed by atoms with E-state index in [-0.39, 0.29) is 0 Å². The molecule has 3 aromatic rings. The minimum atomic E-state index is 0.687. The highest BCUT2D eigenvalue weighted by atomic mass is 15.3. The summed E-state index contributed by atoms with van der Waals surface area (Å²) < 4.78 is 2.11. The number of fused-ring (bicyclic) bond motifs is 1. The molecule has 5 nitrogen and oxygen atoms in total. The average Bonchev–Trinajstić information content (AvgIpc) is 3.00. The largest absolute Gasteiger partial charge is 0.302 e. The predicted octanol–water partition coefficient (Wildman–Crippen LogP) is 2.85. The smallest absolute Gasteiger partial charge is 0.0991 e. The van der Waals surface area contributed by atoms with Gasteiger partial charge < -0.3 is 4.90 Å². The van der Waals surface area contributed by atoms with Gasteiger partial charge in [-0.25, -0.2) is 0 Å². The normalized spacial score (nSPS) is 14.1. The van der Waals surface area contributed by atoms with Crippen molar-refractivity contribution in [2.24, 2.45) is 0 Å². The predicted molar refractivity (Wildman–Crippen MR) is 95.8 cm³/mol. The summed E-state index contributed by atoms with van der Waals surface area (Å²) in [5.74, 6) is 0. The van der Waals surface area contributed by atoms with E-state index in [1.807, 2.05) is 42.7 Å². The molecule has 1 aromatic carbocycles. The van der Waals surface area contributed by atoms with Crippen LogP contribution in [-0.2, 0) is 19.5 Å². The van der Waals surface area contributed by atoms with E-state index < -0.39 is 0 Å². The van der Waals surface area contributed by atoms with Gasteiger partial charge in [-0.05, 0) is 36.9 Å². The van der Waals surface area contributed by atoms with Crippen LogP contribution in [0.2, 0.25) is 0 Å². The molecular weight excluding hydrogens is 310 g/mol. The molecule has 0 saturated carbocycles. The molecule has 0 aliphatic carbocycles. The molecule has 0 unspecified atom stereocenters. The fourth-order valence-corrected chi connectivity index (χ4v) is 3.41. The Labute approximate surface area is 147 Å². The molecule has 0 atom stereocenters. The summed E-state index contributed by atoms with van der Waals surface area (Å²) in [6.45, 7) is 2.63. The van der Waals surface area contributed by atoms with Crippen LogP contribution in [0.25, 0.3) is 11.3 Å². The van der Waals surface area contributed by atoms with Crippen LogP contribution >= 0.6 is 0 Å². The van der Waals surface area contributed by atoms with Crippen molar-refractivity contribution in [1.82, 2.24) is 19.7 Å². The number of likely N-dealkylation sites (N-methyl/N-ethyl adjacent to an activating group) is 1. The quantitative estimate of drug-likeness (QED) is 0.741. The molecule has 0 radical (unpaired) electrons. The minimum Gasteiger partial charge on any atom is -0.302 e. The van der Waals surface area contributed by atoms with Crippen molar-refractivity contribution in [2.45, 2.75) is 19.5 Å². The van der Waals surface area contributed by atoms with Crippen LogP contribution in [-0.4, -0.2) is 33.3 Å². The third kappa shape index (κ3) is 3.04. The van der Waals surface area contributed by atoms with Crippen LogP contribution < -0.4 is 0 Å². The minimum absolute atomic E-state index is 0.687. The van der Waals surface area contributed by atoms with E-state index in [4.69, 9.17) is 10.4 Å². The van der Waals surface area contributed by atoms with Crippen LogP contribution in [0.5, 0.6) is 0 Å². The maximum atomic E-state index is 9.12. The first kappa shape index (κ1) is 15.6. The van der Waals surface area contributed by atoms with Crippen molar-refractivity contribution in [3.8, 4) is 17.3 Å². The lowest BCUT2D eigenvalue weighted by Gasteiger charge is -2.23. The van der Waals surface area contributed by atoms with Crippen LogP contribution in [0.3, 0.4) is 0 Å². The topological polar surface area (TPSA) is 57.7 Å². The number of nitriles is 1. The highest BCUT2D eigenvalue weighted by molar-refractivity contribution is 5.64. The molecule has 1 aliphatic rings. The lowest BCUT2D eigenvalue weighted by atomic mass is 10.0. The Morgan fingerprint density at radius 1 is 1.20 bits per heavy atom. The Kier molecular flexibility index (Phi) is 4.04. The Balaban J connectivity index is 1.77. The van der Waals surface area contributed by atoms with E-state index in [1.54, 1.807) is 0 Å². The molecule has 2 aromatic heterocycles. The molecule has 0 spiro atoms. The zero-order valence-electron chi connectivity index (χ0n) is 14.2. The molecule has 0 N–H and O–H groups in total. The summed E-state index contributed by atoms with van der Waals surface area (Å²) in [5.41, 5.74) is 6.53. The maximum Gasteiger partial charge on any atom is 0.0991 e. The summed E-state index contributed by atoms with van der Waals surface area (Å²) >= 11 is 0. The summed E-state index contributed by atoms with van der Waals surface area (Å²) in [7, 11) is 2.15. The van der Waals surface area contributed by atoms with Gasteiger partial charge in [0.2, 0.25) is 0 Å². The number of nitrogens with zero attached hydrogens (tertiary/aromatic N) is 5. The summed E-state index contributed by atoms with van der Waals surface area (Å²) in [5, 5.41) is 14.0. The number of hydrogen-bond donors (Lipinski definition) is 0. The highest BCUT2D eigenvalue weighted by Crippen LogP contribution is 2.29. The van der Waals surface area contributed by atoms with E-state index >= 15 is 0 Å². The van der Waals surface area contributed by atoms with Gasteiger partial charge in [0.05, 0.1) is 23.9 Å². The van der Waals surface area contributed by atoms with Crippen LogP contribution in [0.15, 0.2) is 48.8 Å². The van der Waals surface area contributed by atoms with Gasteiger partial charge in [0.1, 0.15) is 0 Å². The Morgan fingerprint density at radius 3 is 2.84 bits per heavy atom. The Bertz CT molecular complexity index is 936. The molecule has 4 rings (SSSR count). The lowest BCUT2D eigenvalue weighted by Crippen LogP contribution is -2.27. The first-order valence-electron chi connectivity index (χ1n) is 8.41. The highest BCUT2D eigenvalue weighted by Gasteiger charge is 2.24. The number of benzene rings is 1. The second-order valence-electron chi connectivity index (χ2n) is 6.47. The van der Waals surface area contributed by atoms with E-state index in [2.05, 4.69) is 33.7 Å². The van der Waals surface area contributed by atoms with Gasteiger partial charge in [-0.1, -0.05) is 12.1 Å². The van der Waals surface area contributed by atoms with E-state index in [0.29, 0.717) is 12.1 Å². The molecule has 5 heteroatoms. The monoisotopic (exact) mass is 329 g/mol. The average molecular weight is 329 g/mol. The number of hydrogen-bond acceptors (Lipinski definition) is 4. The Morgan fingerprint density at radius 2 is 2.04 bits per heavy atom. The zero-order valence-corrected chi connectivity index (χ0v) is 14.2. The molecular formula is C20H19N5. The summed E-state index contributed by atoms with van der Waals surface area (Å²) in [6, 6.07) is 14.0. The maximum absolute atomic E-state index is 9.12. The van der Waals surface area contributed by atoms with Gasteiger partial charge in [0.15, 0.2) is 0 Å². The zero-order chi connectivity index (χ0) is 17.2. The van der Waals surface area contributed by atoms with Crippen molar-refractivity contribution in [3.05, 3.63) is 71.2 Å². The second kappa shape index (κ2) is 6.50. The lowest BCUT2D eigenvalue weighted by molar-refractivity contribution is 0.308. The molecule has 25 heavy (non-hydrogen) atoms. The van der Waals surface area contributed by atoms with Gasteiger partial charge in [-0.3, -0.25) is 9.67 Å². The first-order chi connectivity index (χ1) is 12.2. The van der Waals surface area contributed by atoms with Gasteiger partial charge in [-0.15, -0.1) is 0 Å². The summed E-state index contributed by atoms with van der Waals surface area (Å²) in [6.07, 6.45) is 4.61. The molecule has 0 amide bonds. The van der Waals surface area contributed by atoms with E-state index in [1.165, 1.54) is 11.3 Å². The van der Waals surface area contributed by atoms with Crippen molar-refractivity contribution < 1.29 is 0 Å². The van der Waals surface area contributed by atoms with Crippen LogP contribution in [0, 0.1) is 11.3 Å². The fourth-order valence-electron chi connectivity index (χ4n) is 3.41. The van der Waals surface area contributed by atoms with E-state index in [0.717, 1.165) is 36.3 Å². The standard InChI is InChI=1S/C20H19N5/c1-24-10-7-19-18(14-24)20(17-5-8-22-9-6-17)23-25(19)13-16-4-2-3-15(11-16)12-21/h2-6,8-9,11H,7,10,13-14H2,1H3. The number of pyridine rings is 1. The SMILES string of the molecule is CN1CCc2c(c(-c3ccncc3)nn2Cc2cccc(C#N)c2)C1. The van der Waals surface area contributed by atoms with Crippen LogP contribution in [0.4, 0.5) is 0 Å². The molecule has 124 valence electrons. The van der Waals surface area contributed by atoms with Crippen molar-refractivity contribution in [1.29, 1.82) is 5.26 Å².